The molecule has 49 heavy (non-hydrogen) atoms. The predicted octanol–water partition coefficient (Wildman–Crippen LogP) is 3.55. The summed E-state index contributed by atoms with van der Waals surface area (Å²) in [4.78, 5) is 53.9. The van der Waals surface area contributed by atoms with Gasteiger partial charge >= 0.3 is 17.9 Å². The van der Waals surface area contributed by atoms with Gasteiger partial charge in [-0.05, 0) is 105 Å². The third-order valence-corrected chi connectivity index (χ3v) is 13.7. The van der Waals surface area contributed by atoms with Gasteiger partial charge in [0.15, 0.2) is 0 Å². The van der Waals surface area contributed by atoms with Crippen LogP contribution in [0.3, 0.4) is 0 Å². The van der Waals surface area contributed by atoms with Crippen molar-refractivity contribution >= 4 is 23.8 Å². The largest absolute Gasteiger partial charge is 0.465 e. The normalized spacial score (nSPS) is 46.6. The second-order valence-electron chi connectivity index (χ2n) is 17.6. The standard InChI is InChI=1S/C37H53NO11/c1-33-9-5-21(13-25(33)46-33)29(39)38-17-37(18-43-30(40)22-6-10-34(2)26(14-22)47-34,19-44-31(41)23-7-11-35(3)27(15-23)48-35)20-45-32(42)24-8-12-36(4)28(16-24)49-36/h21-28H,5-20H2,1-4H3,(H,38,39). The maximum atomic E-state index is 13.6. The molecule has 8 aliphatic rings. The topological polar surface area (TPSA) is 158 Å². The van der Waals surface area contributed by atoms with E-state index in [1.54, 1.807) is 0 Å². The molecule has 8 rings (SSSR count). The average Bonchev–Trinajstić information content (AvgIpc) is 3.97. The van der Waals surface area contributed by atoms with E-state index in [2.05, 4.69) is 33.0 Å². The van der Waals surface area contributed by atoms with Gasteiger partial charge in [-0.2, -0.15) is 0 Å². The molecule has 8 fully saturated rings. The first kappa shape index (κ1) is 33.8. The first-order chi connectivity index (χ1) is 23.2. The van der Waals surface area contributed by atoms with Crippen LogP contribution < -0.4 is 5.32 Å². The lowest BCUT2D eigenvalue weighted by Crippen LogP contribution is -2.50. The summed E-state index contributed by atoms with van der Waals surface area (Å²) in [5, 5.41) is 3.08. The van der Waals surface area contributed by atoms with Crippen LogP contribution in [0.4, 0.5) is 0 Å². The van der Waals surface area contributed by atoms with Crippen molar-refractivity contribution in [3.05, 3.63) is 0 Å². The van der Waals surface area contributed by atoms with Gasteiger partial charge in [-0.25, -0.2) is 0 Å². The third-order valence-electron chi connectivity index (χ3n) is 13.7. The van der Waals surface area contributed by atoms with Gasteiger partial charge in [0.05, 0.1) is 70.0 Å². The number of fused-ring (bicyclic) bond motifs is 4. The third kappa shape index (κ3) is 6.76. The molecule has 0 bridgehead atoms. The summed E-state index contributed by atoms with van der Waals surface area (Å²) in [6, 6.07) is 0. The molecule has 12 atom stereocenters. The van der Waals surface area contributed by atoms with Crippen LogP contribution in [0.5, 0.6) is 0 Å². The summed E-state index contributed by atoms with van der Waals surface area (Å²) in [7, 11) is 0. The van der Waals surface area contributed by atoms with Gasteiger partial charge in [-0.15, -0.1) is 0 Å². The monoisotopic (exact) mass is 687 g/mol. The molecule has 0 aromatic heterocycles. The Morgan fingerprint density at radius 1 is 0.551 bits per heavy atom. The number of amides is 1. The van der Waals surface area contributed by atoms with Crippen molar-refractivity contribution < 1.29 is 52.3 Å². The van der Waals surface area contributed by atoms with Crippen LogP contribution in [0.2, 0.25) is 0 Å². The Kier molecular flexibility index (Phi) is 8.21. The number of hydrogen-bond donors (Lipinski definition) is 1. The smallest absolute Gasteiger partial charge is 0.309 e. The molecule has 4 aliphatic carbocycles. The highest BCUT2D eigenvalue weighted by atomic mass is 16.6. The minimum Gasteiger partial charge on any atom is -0.465 e. The zero-order valence-electron chi connectivity index (χ0n) is 29.4. The highest BCUT2D eigenvalue weighted by Gasteiger charge is 2.59. The minimum absolute atomic E-state index is 0.0103. The Balaban J connectivity index is 0.967. The molecule has 4 aliphatic heterocycles. The van der Waals surface area contributed by atoms with Crippen molar-refractivity contribution in [2.45, 2.75) is 152 Å². The molecular formula is C37H53NO11. The maximum Gasteiger partial charge on any atom is 0.309 e. The van der Waals surface area contributed by atoms with E-state index in [4.69, 9.17) is 33.2 Å². The summed E-state index contributed by atoms with van der Waals surface area (Å²) in [5.41, 5.74) is -1.73. The van der Waals surface area contributed by atoms with E-state index in [0.29, 0.717) is 51.4 Å². The number of epoxide rings is 4. The Bertz CT molecular complexity index is 1180. The second-order valence-corrected chi connectivity index (χ2v) is 17.6. The number of carbonyl (C=O) groups excluding carboxylic acids is 4. The highest BCUT2D eigenvalue weighted by molar-refractivity contribution is 5.79. The van der Waals surface area contributed by atoms with Gasteiger partial charge in [0.25, 0.3) is 0 Å². The summed E-state index contributed by atoms with van der Waals surface area (Å²) < 4.78 is 41.3. The van der Waals surface area contributed by atoms with Crippen molar-refractivity contribution in [2.75, 3.05) is 26.4 Å². The number of carbonyl (C=O) groups is 4. The number of esters is 3. The first-order valence-electron chi connectivity index (χ1n) is 18.7. The minimum atomic E-state index is -1.19. The molecule has 12 heteroatoms. The van der Waals surface area contributed by atoms with Crippen molar-refractivity contribution in [3.8, 4) is 0 Å². The fraction of sp³-hybridized carbons (Fsp3) is 0.892. The van der Waals surface area contributed by atoms with Crippen molar-refractivity contribution in [3.63, 3.8) is 0 Å². The fourth-order valence-corrected chi connectivity index (χ4v) is 9.19. The van der Waals surface area contributed by atoms with E-state index in [9.17, 15) is 19.2 Å². The molecule has 4 saturated heterocycles. The van der Waals surface area contributed by atoms with E-state index in [0.717, 1.165) is 25.7 Å². The lowest BCUT2D eigenvalue weighted by atomic mass is 9.82. The molecule has 272 valence electrons. The Morgan fingerprint density at radius 3 is 1.18 bits per heavy atom. The van der Waals surface area contributed by atoms with Crippen LogP contribution in [-0.2, 0) is 52.3 Å². The van der Waals surface area contributed by atoms with Gasteiger partial charge in [-0.1, -0.05) is 0 Å². The zero-order valence-corrected chi connectivity index (χ0v) is 29.4. The van der Waals surface area contributed by atoms with Crippen LogP contribution >= 0.6 is 0 Å². The molecule has 0 radical (unpaired) electrons. The Morgan fingerprint density at radius 2 is 0.857 bits per heavy atom. The predicted molar refractivity (Wildman–Crippen MR) is 171 cm³/mol. The number of ether oxygens (including phenoxy) is 7. The number of rotatable bonds is 12. The van der Waals surface area contributed by atoms with Gasteiger partial charge < -0.3 is 38.5 Å². The van der Waals surface area contributed by atoms with E-state index < -0.39 is 5.41 Å². The Labute approximate surface area is 288 Å². The van der Waals surface area contributed by atoms with Crippen LogP contribution in [0, 0.1) is 29.1 Å². The average molecular weight is 688 g/mol. The summed E-state index contributed by atoms with van der Waals surface area (Å²) in [5.74, 6) is -2.31. The zero-order chi connectivity index (χ0) is 34.4. The van der Waals surface area contributed by atoms with Crippen molar-refractivity contribution in [1.82, 2.24) is 5.32 Å². The molecule has 4 saturated carbocycles. The molecule has 1 amide bonds. The maximum absolute atomic E-state index is 13.6. The molecule has 12 unspecified atom stereocenters. The first-order valence-corrected chi connectivity index (χ1v) is 18.7. The highest BCUT2D eigenvalue weighted by Crippen LogP contribution is 2.52. The van der Waals surface area contributed by atoms with Gasteiger partial charge in [0.1, 0.15) is 19.8 Å². The molecule has 0 aromatic rings. The molecule has 0 aromatic carbocycles. The van der Waals surface area contributed by atoms with Crippen LogP contribution in [-0.4, -0.2) is 97.0 Å². The Hall–Kier alpha value is -2.28. The molecule has 4 heterocycles. The number of nitrogens with one attached hydrogen (secondary N) is 1. The van der Waals surface area contributed by atoms with Crippen molar-refractivity contribution in [2.24, 2.45) is 29.1 Å². The fourth-order valence-electron chi connectivity index (χ4n) is 9.19. The second kappa shape index (κ2) is 11.9. The van der Waals surface area contributed by atoms with Gasteiger partial charge in [0.2, 0.25) is 5.91 Å². The van der Waals surface area contributed by atoms with E-state index >= 15 is 0 Å². The lowest BCUT2D eigenvalue weighted by molar-refractivity contribution is -0.168. The molecular weight excluding hydrogens is 634 g/mol. The molecule has 12 nitrogen and oxygen atoms in total. The van der Waals surface area contributed by atoms with Crippen LogP contribution in [0.15, 0.2) is 0 Å². The van der Waals surface area contributed by atoms with Gasteiger partial charge in [0, 0.05) is 12.5 Å². The molecule has 1 N–H and O–H groups in total. The van der Waals surface area contributed by atoms with E-state index in [1.807, 2.05) is 0 Å². The summed E-state index contributed by atoms with van der Waals surface area (Å²) >= 11 is 0. The van der Waals surface area contributed by atoms with Crippen LogP contribution in [0.1, 0.15) is 105 Å². The van der Waals surface area contributed by atoms with E-state index in [1.165, 1.54) is 0 Å². The quantitative estimate of drug-likeness (QED) is 0.182. The van der Waals surface area contributed by atoms with Gasteiger partial charge in [-0.3, -0.25) is 19.2 Å². The van der Waals surface area contributed by atoms with E-state index in [-0.39, 0.29) is 121 Å². The molecule has 0 spiro atoms. The summed E-state index contributed by atoms with van der Waals surface area (Å²) in [6.07, 6.45) is 8.56. The lowest BCUT2D eigenvalue weighted by Gasteiger charge is -2.35. The van der Waals surface area contributed by atoms with Crippen molar-refractivity contribution in [1.29, 1.82) is 0 Å². The summed E-state index contributed by atoms with van der Waals surface area (Å²) in [6.45, 7) is 7.78. The van der Waals surface area contributed by atoms with Crippen LogP contribution in [0.25, 0.3) is 0 Å². The number of hydrogen-bond acceptors (Lipinski definition) is 11. The SMILES string of the molecule is CC12CCC(C(=O)NCC(COC(=O)C3CCC4(C)OC4C3)(COC(=O)C3CCC4(C)OC4C3)COC(=O)C3CCC4(C)OC4C3)CC1O2.